The molecular formula is C32H31FN4O3S. The van der Waals surface area contributed by atoms with Crippen molar-refractivity contribution in [1.29, 1.82) is 0 Å². The van der Waals surface area contributed by atoms with Crippen LogP contribution in [0.5, 0.6) is 0 Å². The lowest BCUT2D eigenvalue weighted by molar-refractivity contribution is 0.413. The Bertz CT molecular complexity index is 1930. The highest BCUT2D eigenvalue weighted by molar-refractivity contribution is 7.89. The molecule has 210 valence electrons. The number of hydrogen-bond acceptors (Lipinski definition) is 4. The number of halogens is 1. The summed E-state index contributed by atoms with van der Waals surface area (Å²) in [5.41, 5.74) is 4.87. The molecule has 0 aliphatic carbocycles. The molecule has 3 heterocycles. The lowest BCUT2D eigenvalue weighted by atomic mass is 9.73. The predicted octanol–water partition coefficient (Wildman–Crippen LogP) is 5.06. The summed E-state index contributed by atoms with van der Waals surface area (Å²) < 4.78 is 46.5. The average molecular weight is 571 g/mol. The zero-order valence-electron chi connectivity index (χ0n) is 23.2. The summed E-state index contributed by atoms with van der Waals surface area (Å²) in [7, 11) is -2.19. The molecule has 3 aromatic carbocycles. The summed E-state index contributed by atoms with van der Waals surface area (Å²) in [5.74, 6) is -0.560. The maximum absolute atomic E-state index is 14.2. The van der Waals surface area contributed by atoms with Crippen LogP contribution < -0.4 is 5.56 Å². The minimum absolute atomic E-state index is 0.0174. The van der Waals surface area contributed by atoms with Crippen molar-refractivity contribution in [2.75, 3.05) is 13.1 Å². The van der Waals surface area contributed by atoms with Crippen LogP contribution in [0.1, 0.15) is 28.7 Å². The van der Waals surface area contributed by atoms with Crippen LogP contribution in [-0.2, 0) is 28.9 Å². The van der Waals surface area contributed by atoms with Gasteiger partial charge in [0.25, 0.3) is 0 Å². The number of pyridine rings is 1. The Morgan fingerprint density at radius 1 is 1.00 bits per heavy atom. The Morgan fingerprint density at radius 2 is 1.78 bits per heavy atom. The van der Waals surface area contributed by atoms with Gasteiger partial charge < -0.3 is 4.57 Å². The molecule has 1 aliphatic rings. The molecule has 0 N–H and O–H groups in total. The first-order chi connectivity index (χ1) is 19.6. The Balaban J connectivity index is 1.45. The number of benzene rings is 3. The van der Waals surface area contributed by atoms with Gasteiger partial charge in [0.1, 0.15) is 5.82 Å². The van der Waals surface area contributed by atoms with Gasteiger partial charge in [-0.3, -0.25) is 4.79 Å². The Kier molecular flexibility index (Phi) is 6.66. The quantitative estimate of drug-likeness (QED) is 0.286. The van der Waals surface area contributed by atoms with E-state index in [0.29, 0.717) is 24.9 Å². The van der Waals surface area contributed by atoms with Gasteiger partial charge in [-0.05, 0) is 85.3 Å². The summed E-state index contributed by atoms with van der Waals surface area (Å²) in [6.07, 6.45) is 4.83. The molecule has 6 rings (SSSR count). The van der Waals surface area contributed by atoms with E-state index >= 15 is 0 Å². The van der Waals surface area contributed by atoms with Crippen LogP contribution in [0, 0.1) is 19.7 Å². The van der Waals surface area contributed by atoms with Crippen molar-refractivity contribution in [3.05, 3.63) is 124 Å². The van der Waals surface area contributed by atoms with Crippen molar-refractivity contribution in [2.24, 2.45) is 7.05 Å². The van der Waals surface area contributed by atoms with Gasteiger partial charge in [0.2, 0.25) is 15.6 Å². The van der Waals surface area contributed by atoms with E-state index in [0.717, 1.165) is 39.3 Å². The maximum Gasteiger partial charge on any atom is 0.250 e. The third-order valence-electron chi connectivity index (χ3n) is 8.16. The van der Waals surface area contributed by atoms with Crippen LogP contribution in [0.3, 0.4) is 0 Å². The molecule has 0 spiro atoms. The first-order valence-electron chi connectivity index (χ1n) is 13.5. The molecule has 7 nitrogen and oxygen atoms in total. The first-order valence-corrected chi connectivity index (χ1v) is 15.0. The Labute approximate surface area is 238 Å². The number of sulfonamides is 1. The summed E-state index contributed by atoms with van der Waals surface area (Å²) >= 11 is 0. The van der Waals surface area contributed by atoms with E-state index < -0.39 is 21.3 Å². The molecule has 5 aromatic rings. The summed E-state index contributed by atoms with van der Waals surface area (Å²) in [4.78, 5) is 11.9. The number of hydrogen-bond donors (Lipinski definition) is 0. The molecule has 1 atom stereocenters. The smallest absolute Gasteiger partial charge is 0.250 e. The third kappa shape index (κ3) is 4.89. The summed E-state index contributed by atoms with van der Waals surface area (Å²) in [6, 6.07) is 21.5. The van der Waals surface area contributed by atoms with Crippen LogP contribution in [0.15, 0.2) is 94.9 Å². The zero-order chi connectivity index (χ0) is 28.9. The van der Waals surface area contributed by atoms with E-state index in [1.165, 1.54) is 27.1 Å². The third-order valence-corrected chi connectivity index (χ3v) is 9.98. The van der Waals surface area contributed by atoms with Gasteiger partial charge in [0, 0.05) is 43.2 Å². The molecule has 41 heavy (non-hydrogen) atoms. The van der Waals surface area contributed by atoms with Crippen molar-refractivity contribution >= 4 is 20.9 Å². The van der Waals surface area contributed by atoms with Gasteiger partial charge in [0.15, 0.2) is 0 Å². The average Bonchev–Trinajstić information content (AvgIpc) is 3.55. The van der Waals surface area contributed by atoms with E-state index in [4.69, 9.17) is 0 Å². The van der Waals surface area contributed by atoms with Crippen LogP contribution in [0.2, 0.25) is 0 Å². The summed E-state index contributed by atoms with van der Waals surface area (Å²) in [5, 5.41) is 5.55. The molecule has 2 aromatic heterocycles. The molecular weight excluding hydrogens is 539 g/mol. The number of aromatic nitrogens is 3. The number of nitrogens with zero attached hydrogens (tertiary/aromatic N) is 4. The Hall–Kier alpha value is -4.08. The van der Waals surface area contributed by atoms with E-state index in [-0.39, 0.29) is 17.0 Å². The van der Waals surface area contributed by atoms with Gasteiger partial charge in [0.05, 0.1) is 22.3 Å². The Morgan fingerprint density at radius 3 is 2.51 bits per heavy atom. The van der Waals surface area contributed by atoms with E-state index in [9.17, 15) is 17.6 Å². The van der Waals surface area contributed by atoms with E-state index in [1.54, 1.807) is 32.4 Å². The molecule has 9 heteroatoms. The fraction of sp³-hybridized carbons (Fsp3) is 0.250. The van der Waals surface area contributed by atoms with Crippen LogP contribution in [0.4, 0.5) is 4.39 Å². The minimum atomic E-state index is -3.90. The topological polar surface area (TPSA) is 77.2 Å². The van der Waals surface area contributed by atoms with Crippen molar-refractivity contribution in [2.45, 2.75) is 37.0 Å². The minimum Gasteiger partial charge on any atom is -0.316 e. The van der Waals surface area contributed by atoms with Crippen molar-refractivity contribution in [3.63, 3.8) is 0 Å². The maximum atomic E-state index is 14.2. The lowest BCUT2D eigenvalue weighted by Crippen LogP contribution is -2.36. The lowest BCUT2D eigenvalue weighted by Gasteiger charge is -2.32. The highest BCUT2D eigenvalue weighted by Crippen LogP contribution is 2.42. The second-order valence-corrected chi connectivity index (χ2v) is 13.1. The number of aryl methyl sites for hydroxylation is 3. The van der Waals surface area contributed by atoms with Gasteiger partial charge in [-0.25, -0.2) is 17.5 Å². The van der Waals surface area contributed by atoms with Gasteiger partial charge in [-0.1, -0.05) is 30.3 Å². The van der Waals surface area contributed by atoms with Crippen LogP contribution in [0.25, 0.3) is 16.6 Å². The van der Waals surface area contributed by atoms with Crippen LogP contribution in [-0.4, -0.2) is 40.2 Å². The van der Waals surface area contributed by atoms with Crippen molar-refractivity contribution in [1.82, 2.24) is 18.7 Å². The van der Waals surface area contributed by atoms with Crippen LogP contribution >= 0.6 is 0 Å². The first kappa shape index (κ1) is 27.1. The van der Waals surface area contributed by atoms with Gasteiger partial charge in [-0.15, -0.1) is 0 Å². The SMILES string of the molecule is Cc1cc(F)cc(S(=O)(=O)N2CCC(Cc3ccccc3)(c3cc4cnn(-c5ccc(=O)n(C)c5)c4cc3C)C2)c1. The normalized spacial score (nSPS) is 17.9. The standard InChI is InChI=1S/C32H31FN4O3S/c1-22-13-26(33)17-28(14-22)41(39,40)36-12-11-32(21-36,18-24-7-5-4-6-8-24)29-16-25-19-34-37(30(25)15-23(29)2)27-9-10-31(38)35(3)20-27/h4-10,13-17,19-20H,11-12,18,21H2,1-3H3. The highest BCUT2D eigenvalue weighted by Gasteiger charge is 2.45. The fourth-order valence-corrected chi connectivity index (χ4v) is 7.79. The van der Waals surface area contributed by atoms with Gasteiger partial charge >= 0.3 is 0 Å². The molecule has 1 unspecified atom stereocenters. The molecule has 0 saturated carbocycles. The van der Waals surface area contributed by atoms with Crippen molar-refractivity contribution < 1.29 is 12.8 Å². The number of rotatable bonds is 6. The second kappa shape index (κ2) is 10.1. The molecule has 0 radical (unpaired) electrons. The zero-order valence-corrected chi connectivity index (χ0v) is 24.0. The molecule has 0 bridgehead atoms. The molecule has 1 aliphatic heterocycles. The molecule has 1 saturated heterocycles. The summed E-state index contributed by atoms with van der Waals surface area (Å²) in [6.45, 7) is 4.35. The second-order valence-electron chi connectivity index (χ2n) is 11.1. The predicted molar refractivity (Wildman–Crippen MR) is 157 cm³/mol. The molecule has 0 amide bonds. The fourth-order valence-electron chi connectivity index (χ4n) is 6.15. The number of fused-ring (bicyclic) bond motifs is 1. The van der Waals surface area contributed by atoms with Gasteiger partial charge in [-0.2, -0.15) is 9.40 Å². The monoisotopic (exact) mass is 570 g/mol. The molecule has 1 fully saturated rings. The van der Waals surface area contributed by atoms with Crippen molar-refractivity contribution in [3.8, 4) is 5.69 Å². The van der Waals surface area contributed by atoms with E-state index in [1.807, 2.05) is 29.8 Å². The largest absolute Gasteiger partial charge is 0.316 e. The highest BCUT2D eigenvalue weighted by atomic mass is 32.2. The van der Waals surface area contributed by atoms with E-state index in [2.05, 4.69) is 29.4 Å².